The van der Waals surface area contributed by atoms with Crippen molar-refractivity contribution in [2.24, 2.45) is 4.99 Å². The number of carbonyl (C=O) groups is 1. The fourth-order valence-corrected chi connectivity index (χ4v) is 4.35. The quantitative estimate of drug-likeness (QED) is 0.314. The maximum atomic E-state index is 12.6. The van der Waals surface area contributed by atoms with E-state index in [0.29, 0.717) is 22.3 Å². The molecular weight excluding hydrogens is 322 g/mol. The molecule has 1 heterocycles. The summed E-state index contributed by atoms with van der Waals surface area (Å²) in [6.07, 6.45) is 4.45. The molecule has 0 saturated carbocycles. The Bertz CT molecular complexity index is 1010. The van der Waals surface area contributed by atoms with Gasteiger partial charge in [-0.25, -0.2) is 8.42 Å². The first kappa shape index (κ1) is 16.1. The van der Waals surface area contributed by atoms with Crippen molar-refractivity contribution < 1.29 is 13.2 Å². The standard InChI is InChI=1S/C19H15NO3S/c1-3-13(12-20-4-2)19(21)14-9-10-18-16(11-14)15-7-5-6-8-17(15)24(18,22)23/h3-12H,1H2,2H3/b13-12+,20-4?. The molecule has 24 heavy (non-hydrogen) atoms. The lowest BCUT2D eigenvalue weighted by Gasteiger charge is -2.04. The molecule has 0 amide bonds. The van der Waals surface area contributed by atoms with E-state index >= 15 is 0 Å². The Kier molecular flexibility index (Phi) is 4.03. The van der Waals surface area contributed by atoms with Crippen LogP contribution < -0.4 is 0 Å². The van der Waals surface area contributed by atoms with Crippen LogP contribution in [0, 0.1) is 0 Å². The number of aliphatic imine (C=N–C) groups is 1. The first-order valence-corrected chi connectivity index (χ1v) is 8.82. The van der Waals surface area contributed by atoms with E-state index in [-0.39, 0.29) is 15.6 Å². The summed E-state index contributed by atoms with van der Waals surface area (Å²) in [6.45, 7) is 5.38. The zero-order valence-corrected chi connectivity index (χ0v) is 13.9. The average molecular weight is 337 g/mol. The Morgan fingerprint density at radius 1 is 1.08 bits per heavy atom. The van der Waals surface area contributed by atoms with Crippen molar-refractivity contribution in [1.82, 2.24) is 0 Å². The second kappa shape index (κ2) is 6.02. The molecule has 1 aliphatic rings. The smallest absolute Gasteiger partial charge is 0.207 e. The third-order valence-electron chi connectivity index (χ3n) is 3.84. The van der Waals surface area contributed by atoms with Gasteiger partial charge in [0.25, 0.3) is 0 Å². The minimum atomic E-state index is -3.52. The van der Waals surface area contributed by atoms with Crippen LogP contribution in [0.15, 0.2) is 81.7 Å². The maximum absolute atomic E-state index is 12.6. The van der Waals surface area contributed by atoms with Crippen molar-refractivity contribution >= 4 is 21.8 Å². The van der Waals surface area contributed by atoms with Gasteiger partial charge in [0.05, 0.1) is 9.79 Å². The third kappa shape index (κ3) is 2.43. The van der Waals surface area contributed by atoms with Gasteiger partial charge in [0.15, 0.2) is 5.78 Å². The lowest BCUT2D eigenvalue weighted by atomic mass is 9.98. The van der Waals surface area contributed by atoms with Gasteiger partial charge in [-0.15, -0.1) is 0 Å². The van der Waals surface area contributed by atoms with Gasteiger partial charge in [-0.3, -0.25) is 9.79 Å². The lowest BCUT2D eigenvalue weighted by Crippen LogP contribution is -2.02. The lowest BCUT2D eigenvalue weighted by molar-refractivity contribution is 0.103. The van der Waals surface area contributed by atoms with Gasteiger partial charge in [-0.1, -0.05) is 30.9 Å². The Balaban J connectivity index is 2.15. The number of hydrogen-bond donors (Lipinski definition) is 0. The molecule has 0 aliphatic carbocycles. The van der Waals surface area contributed by atoms with E-state index in [1.807, 2.05) is 0 Å². The second-order valence-electron chi connectivity index (χ2n) is 5.24. The Morgan fingerprint density at radius 3 is 2.50 bits per heavy atom. The number of benzene rings is 2. The van der Waals surface area contributed by atoms with Crippen LogP contribution in [0.5, 0.6) is 0 Å². The van der Waals surface area contributed by atoms with E-state index in [9.17, 15) is 13.2 Å². The normalized spacial score (nSPS) is 15.1. The van der Waals surface area contributed by atoms with Gasteiger partial charge in [0, 0.05) is 34.7 Å². The van der Waals surface area contributed by atoms with Crippen LogP contribution in [-0.4, -0.2) is 20.4 Å². The third-order valence-corrected chi connectivity index (χ3v) is 5.71. The van der Waals surface area contributed by atoms with Crippen LogP contribution in [0.3, 0.4) is 0 Å². The molecule has 3 rings (SSSR count). The minimum Gasteiger partial charge on any atom is -0.289 e. The van der Waals surface area contributed by atoms with Gasteiger partial charge in [-0.05, 0) is 31.2 Å². The fraction of sp³-hybridized carbons (Fsp3) is 0.0526. The van der Waals surface area contributed by atoms with Gasteiger partial charge < -0.3 is 0 Å². The van der Waals surface area contributed by atoms with Crippen molar-refractivity contribution in [3.63, 3.8) is 0 Å². The molecule has 5 heteroatoms. The van der Waals surface area contributed by atoms with Crippen LogP contribution >= 0.6 is 0 Å². The fourth-order valence-electron chi connectivity index (χ4n) is 2.68. The Hall–Kier alpha value is -2.79. The van der Waals surface area contributed by atoms with Crippen LogP contribution in [-0.2, 0) is 9.84 Å². The second-order valence-corrected chi connectivity index (χ2v) is 7.12. The highest BCUT2D eigenvalue weighted by Gasteiger charge is 2.33. The molecule has 1 aliphatic heterocycles. The zero-order valence-electron chi connectivity index (χ0n) is 13.1. The molecule has 120 valence electrons. The van der Waals surface area contributed by atoms with E-state index in [0.717, 1.165) is 0 Å². The first-order chi connectivity index (χ1) is 11.5. The molecule has 0 fully saturated rings. The predicted octanol–water partition coefficient (Wildman–Crippen LogP) is 3.84. The largest absolute Gasteiger partial charge is 0.289 e. The molecule has 0 radical (unpaired) electrons. The molecular formula is C19H15NO3S. The number of fused-ring (bicyclic) bond motifs is 3. The van der Waals surface area contributed by atoms with Crippen molar-refractivity contribution in [3.05, 3.63) is 72.5 Å². The van der Waals surface area contributed by atoms with E-state index in [4.69, 9.17) is 0 Å². The number of allylic oxidation sites excluding steroid dienone is 2. The number of hydrogen-bond acceptors (Lipinski definition) is 4. The number of carbonyl (C=O) groups excluding carboxylic acids is 1. The summed E-state index contributed by atoms with van der Waals surface area (Å²) in [5.74, 6) is -0.250. The van der Waals surface area contributed by atoms with Gasteiger partial charge in [0.1, 0.15) is 0 Å². The van der Waals surface area contributed by atoms with Crippen LogP contribution in [0.2, 0.25) is 0 Å². The van der Waals surface area contributed by atoms with Crippen molar-refractivity contribution in [2.75, 3.05) is 0 Å². The Labute approximate surface area is 140 Å². The molecule has 0 aromatic heterocycles. The molecule has 0 saturated heterocycles. The highest BCUT2D eigenvalue weighted by atomic mass is 32.2. The van der Waals surface area contributed by atoms with Gasteiger partial charge in [-0.2, -0.15) is 0 Å². The van der Waals surface area contributed by atoms with E-state index in [1.54, 1.807) is 43.5 Å². The first-order valence-electron chi connectivity index (χ1n) is 7.34. The van der Waals surface area contributed by atoms with Crippen molar-refractivity contribution in [1.29, 1.82) is 0 Å². The number of ketones is 1. The van der Waals surface area contributed by atoms with Crippen molar-refractivity contribution in [3.8, 4) is 11.1 Å². The van der Waals surface area contributed by atoms with Crippen LogP contribution in [0.25, 0.3) is 11.1 Å². The molecule has 0 atom stereocenters. The molecule has 0 N–H and O–H groups in total. The van der Waals surface area contributed by atoms with E-state index < -0.39 is 9.84 Å². The maximum Gasteiger partial charge on any atom is 0.207 e. The molecule has 0 spiro atoms. The number of rotatable bonds is 4. The van der Waals surface area contributed by atoms with E-state index in [1.165, 1.54) is 24.4 Å². The van der Waals surface area contributed by atoms with Crippen LogP contribution in [0.1, 0.15) is 17.3 Å². The summed E-state index contributed by atoms with van der Waals surface area (Å²) >= 11 is 0. The SMILES string of the molecule is C=C/C(=C\N=CC)C(=O)c1ccc2c(c1)-c1ccccc1S2(=O)=O. The summed E-state index contributed by atoms with van der Waals surface area (Å²) in [4.78, 5) is 17.0. The molecule has 0 bridgehead atoms. The number of nitrogens with zero attached hydrogens (tertiary/aromatic N) is 1. The zero-order chi connectivity index (χ0) is 17.3. The summed E-state index contributed by atoms with van der Waals surface area (Å²) < 4.78 is 25.1. The number of Topliss-reactive ketones (excluding diaryl/α,β-unsaturated/α-hetero) is 1. The Morgan fingerprint density at radius 2 is 1.79 bits per heavy atom. The van der Waals surface area contributed by atoms with Crippen LogP contribution in [0.4, 0.5) is 0 Å². The monoisotopic (exact) mass is 337 g/mol. The summed E-state index contributed by atoms with van der Waals surface area (Å²) in [5, 5.41) is 0. The molecule has 2 aromatic carbocycles. The topological polar surface area (TPSA) is 63.6 Å². The summed E-state index contributed by atoms with van der Waals surface area (Å²) in [5.41, 5.74) is 1.93. The minimum absolute atomic E-state index is 0.232. The summed E-state index contributed by atoms with van der Waals surface area (Å²) in [6, 6.07) is 11.4. The van der Waals surface area contributed by atoms with Crippen molar-refractivity contribution in [2.45, 2.75) is 16.7 Å². The predicted molar refractivity (Wildman–Crippen MR) is 94.1 cm³/mol. The highest BCUT2D eigenvalue weighted by molar-refractivity contribution is 7.92. The molecule has 4 nitrogen and oxygen atoms in total. The molecule has 0 unspecified atom stereocenters. The van der Waals surface area contributed by atoms with Gasteiger partial charge in [0.2, 0.25) is 9.84 Å². The van der Waals surface area contributed by atoms with E-state index in [2.05, 4.69) is 11.6 Å². The number of sulfone groups is 1. The molecule has 2 aromatic rings. The summed E-state index contributed by atoms with van der Waals surface area (Å²) in [7, 11) is -3.52. The van der Waals surface area contributed by atoms with Gasteiger partial charge >= 0.3 is 0 Å². The highest BCUT2D eigenvalue weighted by Crippen LogP contribution is 2.43. The average Bonchev–Trinajstić information content (AvgIpc) is 2.83.